The van der Waals surface area contributed by atoms with Crippen LogP contribution in [0.2, 0.25) is 0 Å². The number of pyridine rings is 1. The number of nitrogens with one attached hydrogen (secondary N) is 1. The molecule has 3 aromatic rings. The lowest BCUT2D eigenvalue weighted by atomic mass is 10.1. The number of aromatic nitrogens is 1. The van der Waals surface area contributed by atoms with E-state index >= 15 is 0 Å². The van der Waals surface area contributed by atoms with Gasteiger partial charge in [-0.15, -0.1) is 11.3 Å². The SMILES string of the molecule is Cc1sc2cc(C(F)(F)F)ccc2c1Nc1ccncc1. The molecular formula is C15H11F3N2S. The fourth-order valence-corrected chi connectivity index (χ4v) is 3.19. The summed E-state index contributed by atoms with van der Waals surface area (Å²) in [5, 5.41) is 4.04. The Bertz CT molecular complexity index is 779. The van der Waals surface area contributed by atoms with Gasteiger partial charge in [-0.25, -0.2) is 0 Å². The van der Waals surface area contributed by atoms with Crippen LogP contribution in [0.1, 0.15) is 10.4 Å². The first-order chi connectivity index (χ1) is 9.95. The fourth-order valence-electron chi connectivity index (χ4n) is 2.13. The summed E-state index contributed by atoms with van der Waals surface area (Å²) in [6, 6.07) is 7.46. The second-order valence-corrected chi connectivity index (χ2v) is 5.86. The van der Waals surface area contributed by atoms with Crippen LogP contribution in [-0.4, -0.2) is 4.98 Å². The van der Waals surface area contributed by atoms with Gasteiger partial charge in [-0.3, -0.25) is 4.98 Å². The van der Waals surface area contributed by atoms with Gasteiger partial charge in [-0.05, 0) is 31.2 Å². The summed E-state index contributed by atoms with van der Waals surface area (Å²) in [5.41, 5.74) is 1.08. The van der Waals surface area contributed by atoms with E-state index in [0.717, 1.165) is 27.7 Å². The van der Waals surface area contributed by atoms with Crippen molar-refractivity contribution in [3.05, 3.63) is 53.2 Å². The molecule has 0 bridgehead atoms. The molecule has 2 aromatic heterocycles. The lowest BCUT2D eigenvalue weighted by molar-refractivity contribution is -0.137. The number of aryl methyl sites for hydroxylation is 1. The quantitative estimate of drug-likeness (QED) is 0.688. The van der Waals surface area contributed by atoms with Crippen molar-refractivity contribution in [1.82, 2.24) is 4.98 Å². The van der Waals surface area contributed by atoms with Crippen molar-refractivity contribution in [2.45, 2.75) is 13.1 Å². The Morgan fingerprint density at radius 1 is 1.10 bits per heavy atom. The van der Waals surface area contributed by atoms with Crippen LogP contribution < -0.4 is 5.32 Å². The molecule has 0 spiro atoms. The standard InChI is InChI=1S/C15H11F3N2S/c1-9-14(20-11-4-6-19-7-5-11)12-3-2-10(15(16,17)18)8-13(12)21-9/h2-8H,1H3,(H,19,20). The Morgan fingerprint density at radius 2 is 1.81 bits per heavy atom. The van der Waals surface area contributed by atoms with Gasteiger partial charge in [0, 0.05) is 33.0 Å². The van der Waals surface area contributed by atoms with Gasteiger partial charge in [0.1, 0.15) is 0 Å². The number of benzene rings is 1. The Hall–Kier alpha value is -2.08. The Kier molecular flexibility index (Phi) is 3.33. The van der Waals surface area contributed by atoms with Crippen LogP contribution in [0.25, 0.3) is 10.1 Å². The number of halogens is 3. The van der Waals surface area contributed by atoms with Crippen LogP contribution in [0.15, 0.2) is 42.7 Å². The number of anilines is 2. The summed E-state index contributed by atoms with van der Waals surface area (Å²) < 4.78 is 38.9. The van der Waals surface area contributed by atoms with Crippen molar-refractivity contribution < 1.29 is 13.2 Å². The first kappa shape index (κ1) is 13.9. The number of rotatable bonds is 2. The highest BCUT2D eigenvalue weighted by Crippen LogP contribution is 2.40. The molecule has 1 N–H and O–H groups in total. The van der Waals surface area contributed by atoms with E-state index in [1.165, 1.54) is 23.5 Å². The van der Waals surface area contributed by atoms with Crippen LogP contribution in [0.3, 0.4) is 0 Å². The lowest BCUT2D eigenvalue weighted by Gasteiger charge is -2.08. The van der Waals surface area contributed by atoms with Crippen molar-refractivity contribution in [1.29, 1.82) is 0 Å². The summed E-state index contributed by atoms with van der Waals surface area (Å²) in [7, 11) is 0. The maximum Gasteiger partial charge on any atom is 0.416 e. The molecule has 108 valence electrons. The van der Waals surface area contributed by atoms with Gasteiger partial charge in [-0.2, -0.15) is 13.2 Å². The van der Waals surface area contributed by atoms with Gasteiger partial charge in [0.2, 0.25) is 0 Å². The fraction of sp³-hybridized carbons (Fsp3) is 0.133. The number of nitrogens with zero attached hydrogens (tertiary/aromatic N) is 1. The second kappa shape index (κ2) is 5.04. The van der Waals surface area contributed by atoms with Crippen molar-refractivity contribution in [3.8, 4) is 0 Å². The van der Waals surface area contributed by atoms with Gasteiger partial charge < -0.3 is 5.32 Å². The Morgan fingerprint density at radius 3 is 2.48 bits per heavy atom. The maximum atomic E-state index is 12.8. The average molecular weight is 308 g/mol. The van der Waals surface area contributed by atoms with E-state index in [4.69, 9.17) is 0 Å². The Balaban J connectivity index is 2.06. The van der Waals surface area contributed by atoms with Crippen molar-refractivity contribution in [2.24, 2.45) is 0 Å². The number of hydrogen-bond donors (Lipinski definition) is 1. The zero-order valence-corrected chi connectivity index (χ0v) is 11.8. The zero-order valence-electron chi connectivity index (χ0n) is 11.0. The van der Waals surface area contributed by atoms with E-state index in [9.17, 15) is 13.2 Å². The van der Waals surface area contributed by atoms with Gasteiger partial charge in [0.15, 0.2) is 0 Å². The summed E-state index contributed by atoms with van der Waals surface area (Å²) in [6.45, 7) is 1.89. The molecular weight excluding hydrogens is 297 g/mol. The summed E-state index contributed by atoms with van der Waals surface area (Å²) in [5.74, 6) is 0. The third-order valence-corrected chi connectivity index (χ3v) is 4.21. The van der Waals surface area contributed by atoms with Crippen LogP contribution in [0, 0.1) is 6.92 Å². The van der Waals surface area contributed by atoms with Crippen LogP contribution in [-0.2, 0) is 6.18 Å². The van der Waals surface area contributed by atoms with Gasteiger partial charge >= 0.3 is 6.18 Å². The van der Waals surface area contributed by atoms with Crippen LogP contribution in [0.4, 0.5) is 24.5 Å². The molecule has 0 aliphatic rings. The predicted molar refractivity (Wildman–Crippen MR) is 79.1 cm³/mol. The molecule has 0 atom stereocenters. The minimum absolute atomic E-state index is 0.619. The average Bonchev–Trinajstić information content (AvgIpc) is 2.75. The first-order valence-corrected chi connectivity index (χ1v) is 7.04. The van der Waals surface area contributed by atoms with E-state index < -0.39 is 11.7 Å². The molecule has 0 amide bonds. The molecule has 0 unspecified atom stereocenters. The molecule has 0 saturated carbocycles. The summed E-state index contributed by atoms with van der Waals surface area (Å²) in [4.78, 5) is 4.88. The highest BCUT2D eigenvalue weighted by atomic mass is 32.1. The van der Waals surface area contributed by atoms with Crippen LogP contribution in [0.5, 0.6) is 0 Å². The molecule has 1 aromatic carbocycles. The molecule has 0 saturated heterocycles. The number of fused-ring (bicyclic) bond motifs is 1. The summed E-state index contributed by atoms with van der Waals surface area (Å²) in [6.07, 6.45) is -0.993. The molecule has 0 radical (unpaired) electrons. The molecule has 0 aliphatic carbocycles. The predicted octanol–water partition coefficient (Wildman–Crippen LogP) is 5.37. The molecule has 2 heterocycles. The largest absolute Gasteiger partial charge is 0.416 e. The highest BCUT2D eigenvalue weighted by molar-refractivity contribution is 7.19. The lowest BCUT2D eigenvalue weighted by Crippen LogP contribution is -2.03. The van der Waals surface area contributed by atoms with E-state index in [0.29, 0.717) is 4.70 Å². The monoisotopic (exact) mass is 308 g/mol. The first-order valence-electron chi connectivity index (χ1n) is 6.22. The van der Waals surface area contributed by atoms with E-state index in [-0.39, 0.29) is 0 Å². The smallest absolute Gasteiger partial charge is 0.354 e. The number of thiophene rings is 1. The van der Waals surface area contributed by atoms with Gasteiger partial charge in [0.25, 0.3) is 0 Å². The van der Waals surface area contributed by atoms with E-state index in [1.807, 2.05) is 19.1 Å². The molecule has 2 nitrogen and oxygen atoms in total. The van der Waals surface area contributed by atoms with E-state index in [1.54, 1.807) is 12.4 Å². The summed E-state index contributed by atoms with van der Waals surface area (Å²) >= 11 is 1.35. The van der Waals surface area contributed by atoms with Crippen molar-refractivity contribution in [3.63, 3.8) is 0 Å². The highest BCUT2D eigenvalue weighted by Gasteiger charge is 2.30. The third kappa shape index (κ3) is 2.71. The molecule has 0 fully saturated rings. The maximum absolute atomic E-state index is 12.8. The Labute approximate surface area is 123 Å². The molecule has 6 heteroatoms. The molecule has 3 rings (SSSR count). The third-order valence-electron chi connectivity index (χ3n) is 3.14. The normalized spacial score (nSPS) is 11.8. The van der Waals surface area contributed by atoms with Gasteiger partial charge in [0.05, 0.1) is 11.3 Å². The molecule has 21 heavy (non-hydrogen) atoms. The minimum Gasteiger partial charge on any atom is -0.354 e. The molecule has 0 aliphatic heterocycles. The minimum atomic E-state index is -4.31. The number of alkyl halides is 3. The topological polar surface area (TPSA) is 24.9 Å². The second-order valence-electron chi connectivity index (χ2n) is 4.60. The van der Waals surface area contributed by atoms with Crippen LogP contribution >= 0.6 is 11.3 Å². The van der Waals surface area contributed by atoms with E-state index in [2.05, 4.69) is 10.3 Å². The van der Waals surface area contributed by atoms with Gasteiger partial charge in [-0.1, -0.05) is 6.07 Å². The van der Waals surface area contributed by atoms with Crippen molar-refractivity contribution >= 4 is 32.8 Å². The number of hydrogen-bond acceptors (Lipinski definition) is 3. The zero-order chi connectivity index (χ0) is 15.0. The van der Waals surface area contributed by atoms with Crippen molar-refractivity contribution in [2.75, 3.05) is 5.32 Å².